The molecule has 15 heavy (non-hydrogen) atoms. The Hall–Kier alpha value is -0.610. The average Bonchev–Trinajstić information content (AvgIpc) is 2.65. The molecule has 0 bridgehead atoms. The molecule has 0 saturated heterocycles. The first kappa shape index (κ1) is 12.5. The molecule has 0 N–H and O–H groups in total. The van der Waals surface area contributed by atoms with E-state index in [-0.39, 0.29) is 5.41 Å². The molecule has 1 rings (SSSR count). The van der Waals surface area contributed by atoms with E-state index in [9.17, 15) is 0 Å². The fourth-order valence-corrected chi connectivity index (χ4v) is 1.90. The van der Waals surface area contributed by atoms with E-state index in [1.54, 1.807) is 6.20 Å². The zero-order valence-corrected chi connectivity index (χ0v) is 10.5. The van der Waals surface area contributed by atoms with Gasteiger partial charge >= 0.3 is 0 Å². The Kier molecular flexibility index (Phi) is 5.05. The van der Waals surface area contributed by atoms with Gasteiger partial charge in [-0.2, -0.15) is 4.37 Å². The molecule has 0 radical (unpaired) electrons. The molecule has 1 aromatic rings. The molecule has 86 valence electrons. The van der Waals surface area contributed by atoms with Crippen LogP contribution < -0.4 is 4.74 Å². The van der Waals surface area contributed by atoms with E-state index in [1.165, 1.54) is 24.4 Å². The van der Waals surface area contributed by atoms with Gasteiger partial charge in [-0.3, -0.25) is 0 Å². The number of hydrogen-bond donors (Lipinski definition) is 0. The maximum Gasteiger partial charge on any atom is 0.189 e. The van der Waals surface area contributed by atoms with Crippen molar-refractivity contribution in [2.24, 2.45) is 5.41 Å². The summed E-state index contributed by atoms with van der Waals surface area (Å²) in [6, 6.07) is 0. The Labute approximate surface area is 95.6 Å². The SMILES string of the molecule is CCCC(C)(C)COCOc1cnsc1. The van der Waals surface area contributed by atoms with Crippen LogP contribution in [0.1, 0.15) is 33.6 Å². The van der Waals surface area contributed by atoms with Crippen LogP contribution in [0.3, 0.4) is 0 Å². The van der Waals surface area contributed by atoms with Gasteiger partial charge in [0.25, 0.3) is 0 Å². The highest BCUT2D eigenvalue weighted by molar-refractivity contribution is 7.03. The minimum Gasteiger partial charge on any atom is -0.465 e. The Morgan fingerprint density at radius 2 is 2.27 bits per heavy atom. The first-order valence-electron chi connectivity index (χ1n) is 5.24. The molecule has 4 heteroatoms. The highest BCUT2D eigenvalue weighted by atomic mass is 32.1. The first-order chi connectivity index (χ1) is 7.14. The predicted molar refractivity (Wildman–Crippen MR) is 62.3 cm³/mol. The molecule has 0 aliphatic carbocycles. The molecule has 0 unspecified atom stereocenters. The maximum atomic E-state index is 5.48. The monoisotopic (exact) mass is 229 g/mol. The summed E-state index contributed by atoms with van der Waals surface area (Å²) >= 11 is 1.38. The van der Waals surface area contributed by atoms with Crippen molar-refractivity contribution < 1.29 is 9.47 Å². The largest absolute Gasteiger partial charge is 0.465 e. The lowest BCUT2D eigenvalue weighted by Gasteiger charge is -2.23. The van der Waals surface area contributed by atoms with Gasteiger partial charge in [0, 0.05) is 0 Å². The van der Waals surface area contributed by atoms with Crippen LogP contribution >= 0.6 is 11.5 Å². The third-order valence-corrected chi connectivity index (χ3v) is 2.70. The van der Waals surface area contributed by atoms with Gasteiger partial charge < -0.3 is 9.47 Å². The van der Waals surface area contributed by atoms with Crippen LogP contribution in [0.2, 0.25) is 0 Å². The fraction of sp³-hybridized carbons (Fsp3) is 0.727. The third-order valence-electron chi connectivity index (χ3n) is 2.14. The Morgan fingerprint density at radius 3 is 2.87 bits per heavy atom. The average molecular weight is 229 g/mol. The smallest absolute Gasteiger partial charge is 0.189 e. The summed E-state index contributed by atoms with van der Waals surface area (Å²) in [4.78, 5) is 0. The van der Waals surface area contributed by atoms with E-state index in [1.807, 2.05) is 5.38 Å². The zero-order chi connectivity index (χ0) is 11.1. The van der Waals surface area contributed by atoms with Crippen molar-refractivity contribution in [1.82, 2.24) is 4.37 Å². The Morgan fingerprint density at radius 1 is 1.47 bits per heavy atom. The Balaban J connectivity index is 2.11. The Bertz CT molecular complexity index is 260. The molecular weight excluding hydrogens is 210 g/mol. The van der Waals surface area contributed by atoms with Crippen molar-refractivity contribution in [3.63, 3.8) is 0 Å². The second kappa shape index (κ2) is 6.08. The van der Waals surface area contributed by atoms with Gasteiger partial charge in [0.1, 0.15) is 0 Å². The van der Waals surface area contributed by atoms with Crippen LogP contribution in [0, 0.1) is 5.41 Å². The van der Waals surface area contributed by atoms with Crippen molar-refractivity contribution in [2.45, 2.75) is 33.6 Å². The molecule has 0 aliphatic heterocycles. The summed E-state index contributed by atoms with van der Waals surface area (Å²) < 4.78 is 14.8. The van der Waals surface area contributed by atoms with E-state index < -0.39 is 0 Å². The van der Waals surface area contributed by atoms with E-state index in [4.69, 9.17) is 9.47 Å². The lowest BCUT2D eigenvalue weighted by atomic mass is 9.89. The predicted octanol–water partition coefficient (Wildman–Crippen LogP) is 3.32. The topological polar surface area (TPSA) is 31.4 Å². The summed E-state index contributed by atoms with van der Waals surface area (Å²) in [5, 5.41) is 1.86. The summed E-state index contributed by atoms with van der Waals surface area (Å²) in [6.45, 7) is 7.66. The molecule has 0 aromatic carbocycles. The molecule has 0 saturated carbocycles. The number of nitrogens with zero attached hydrogens (tertiary/aromatic N) is 1. The molecular formula is C11H19NO2S. The number of aromatic nitrogens is 1. The fourth-order valence-electron chi connectivity index (χ4n) is 1.44. The van der Waals surface area contributed by atoms with Crippen molar-refractivity contribution in [2.75, 3.05) is 13.4 Å². The molecule has 3 nitrogen and oxygen atoms in total. The number of ether oxygens (including phenoxy) is 2. The van der Waals surface area contributed by atoms with Crippen molar-refractivity contribution in [3.8, 4) is 5.75 Å². The second-order valence-electron chi connectivity index (χ2n) is 4.39. The van der Waals surface area contributed by atoms with Gasteiger partial charge in [0.15, 0.2) is 12.5 Å². The molecule has 1 aromatic heterocycles. The molecule has 0 spiro atoms. The van der Waals surface area contributed by atoms with Crippen LogP contribution in [0.15, 0.2) is 11.6 Å². The van der Waals surface area contributed by atoms with Gasteiger partial charge in [-0.1, -0.05) is 27.2 Å². The third kappa shape index (κ3) is 5.14. The van der Waals surface area contributed by atoms with E-state index >= 15 is 0 Å². The van der Waals surface area contributed by atoms with E-state index in [0.717, 1.165) is 12.4 Å². The summed E-state index contributed by atoms with van der Waals surface area (Å²) in [5.74, 6) is 0.785. The van der Waals surface area contributed by atoms with Crippen LogP contribution in [0.25, 0.3) is 0 Å². The van der Waals surface area contributed by atoms with Crippen LogP contribution in [0.5, 0.6) is 5.75 Å². The van der Waals surface area contributed by atoms with Crippen LogP contribution in [-0.4, -0.2) is 17.8 Å². The van der Waals surface area contributed by atoms with Gasteiger partial charge in [-0.25, -0.2) is 0 Å². The molecule has 1 heterocycles. The summed E-state index contributed by atoms with van der Waals surface area (Å²) in [6.07, 6.45) is 4.06. The number of hydrogen-bond acceptors (Lipinski definition) is 4. The first-order valence-corrected chi connectivity index (χ1v) is 6.07. The number of rotatable bonds is 7. The minimum absolute atomic E-state index is 0.241. The molecule has 0 aliphatic rings. The highest BCUT2D eigenvalue weighted by Gasteiger charge is 2.16. The van der Waals surface area contributed by atoms with Crippen molar-refractivity contribution >= 4 is 11.5 Å². The highest BCUT2D eigenvalue weighted by Crippen LogP contribution is 2.22. The lowest BCUT2D eigenvalue weighted by Crippen LogP contribution is -2.20. The quantitative estimate of drug-likeness (QED) is 0.531. The van der Waals surface area contributed by atoms with Crippen LogP contribution in [-0.2, 0) is 4.74 Å². The maximum absolute atomic E-state index is 5.48. The molecule has 0 amide bonds. The van der Waals surface area contributed by atoms with Gasteiger partial charge in [-0.15, -0.1) is 0 Å². The van der Waals surface area contributed by atoms with Crippen molar-refractivity contribution in [1.29, 1.82) is 0 Å². The van der Waals surface area contributed by atoms with Crippen molar-refractivity contribution in [3.05, 3.63) is 11.6 Å². The van der Waals surface area contributed by atoms with E-state index in [0.29, 0.717) is 6.79 Å². The summed E-state index contributed by atoms with van der Waals surface area (Å²) in [7, 11) is 0. The second-order valence-corrected chi connectivity index (χ2v) is 5.04. The van der Waals surface area contributed by atoms with Crippen LogP contribution in [0.4, 0.5) is 0 Å². The minimum atomic E-state index is 0.241. The lowest BCUT2D eigenvalue weighted by molar-refractivity contribution is -0.0241. The zero-order valence-electron chi connectivity index (χ0n) is 9.66. The van der Waals surface area contributed by atoms with E-state index in [2.05, 4.69) is 25.1 Å². The van der Waals surface area contributed by atoms with Gasteiger partial charge in [-0.05, 0) is 23.4 Å². The summed E-state index contributed by atoms with van der Waals surface area (Å²) in [5.41, 5.74) is 0.241. The standard InChI is InChI=1S/C11H19NO2S/c1-4-5-11(2,3)8-13-9-14-10-6-12-15-7-10/h6-7H,4-5,8-9H2,1-3H3. The molecule has 0 fully saturated rings. The van der Waals surface area contributed by atoms with Gasteiger partial charge in [0.05, 0.1) is 18.2 Å². The normalized spacial score (nSPS) is 11.7. The molecule has 0 atom stereocenters. The van der Waals surface area contributed by atoms with Gasteiger partial charge in [0.2, 0.25) is 0 Å².